The van der Waals surface area contributed by atoms with Gasteiger partial charge in [0.2, 0.25) is 5.82 Å². The first-order valence-corrected chi connectivity index (χ1v) is 13.4. The first kappa shape index (κ1) is 47.4. The molecule has 6 N–H and O–H groups in total. The summed E-state index contributed by atoms with van der Waals surface area (Å²) in [5.41, 5.74) is 4.76. The highest BCUT2D eigenvalue weighted by atomic mass is 35.5. The van der Waals surface area contributed by atoms with Crippen LogP contribution in [0, 0.1) is 46.2 Å². The highest BCUT2D eigenvalue weighted by Gasteiger charge is 2.19. The van der Waals surface area contributed by atoms with E-state index in [2.05, 4.69) is 35.2 Å². The van der Waals surface area contributed by atoms with E-state index in [9.17, 15) is 40.7 Å². The second kappa shape index (κ2) is 25.3. The zero-order chi connectivity index (χ0) is 38.4. The fraction of sp³-hybridized carbons (Fsp3) is 0.138. The van der Waals surface area contributed by atoms with E-state index >= 15 is 0 Å². The SMILES string of the molecule is CCOC(=O)C(=O)Cl.CCOC(=O)c1nc(-c2ccc(F)cc2F)no1.Cl.N#Cc1ccc(F)cc1F.N/C(=N/O)c1ccc(F)cc1F.NO. The van der Waals surface area contributed by atoms with Crippen LogP contribution < -0.4 is 11.6 Å². The van der Waals surface area contributed by atoms with Crippen LogP contribution in [-0.4, -0.2) is 56.8 Å². The van der Waals surface area contributed by atoms with Crippen molar-refractivity contribution in [2.24, 2.45) is 16.8 Å². The quantitative estimate of drug-likeness (QED) is 0.0290. The van der Waals surface area contributed by atoms with Gasteiger partial charge in [-0.25, -0.2) is 41.8 Å². The van der Waals surface area contributed by atoms with Crippen molar-refractivity contribution in [1.29, 1.82) is 5.26 Å². The standard InChI is InChI=1S/C11H8F2N2O3.C7H6F2N2O.C7H3F2N.C4H5ClO3.ClH.H3NO/c1-2-17-11(16)10-14-9(15-18-10)7-4-3-6(12)5-8(7)13;8-4-1-2-5(6(9)3-4)7(10)11-12;8-6-2-1-5(4-10)7(9)3-6;1-2-8-4(7)3(5)6;;1-2/h3-5H,2H2,1H3;1-3,12H,(H2,10,11);1-3H;2H2,1H3;1H;2H,1H2. The summed E-state index contributed by atoms with van der Waals surface area (Å²) in [7, 11) is 0. The Morgan fingerprint density at radius 3 is 1.82 bits per heavy atom. The van der Waals surface area contributed by atoms with Crippen LogP contribution in [0.25, 0.3) is 11.4 Å². The fourth-order valence-corrected chi connectivity index (χ4v) is 2.85. The molecule has 0 unspecified atom stereocenters. The Morgan fingerprint density at radius 2 is 1.39 bits per heavy atom. The number of ether oxygens (including phenoxy) is 2. The molecule has 51 heavy (non-hydrogen) atoms. The number of nitrogens with two attached hydrogens (primary N) is 2. The van der Waals surface area contributed by atoms with Crippen molar-refractivity contribution in [3.8, 4) is 17.5 Å². The summed E-state index contributed by atoms with van der Waals surface area (Å²) < 4.78 is 89.2. The molecular weight excluding hydrogens is 745 g/mol. The second-order valence-electron chi connectivity index (χ2n) is 8.11. The van der Waals surface area contributed by atoms with Gasteiger partial charge in [0.1, 0.15) is 41.0 Å². The van der Waals surface area contributed by atoms with Gasteiger partial charge in [0.05, 0.1) is 29.9 Å². The van der Waals surface area contributed by atoms with Crippen LogP contribution in [0.5, 0.6) is 0 Å². The van der Waals surface area contributed by atoms with Crippen LogP contribution >= 0.6 is 24.0 Å². The van der Waals surface area contributed by atoms with E-state index in [1.54, 1.807) is 19.9 Å². The molecular formula is C29H26Cl2F6N6O8. The predicted molar refractivity (Wildman–Crippen MR) is 166 cm³/mol. The molecule has 22 heteroatoms. The van der Waals surface area contributed by atoms with Crippen LogP contribution in [0.15, 0.2) is 64.3 Å². The number of nitriles is 1. The second-order valence-corrected chi connectivity index (χ2v) is 8.45. The molecule has 4 rings (SSSR count). The molecule has 4 aromatic rings. The molecule has 1 heterocycles. The molecule has 0 spiro atoms. The molecule has 0 aliphatic rings. The number of aromatic nitrogens is 2. The van der Waals surface area contributed by atoms with Gasteiger partial charge in [-0.2, -0.15) is 10.2 Å². The lowest BCUT2D eigenvalue weighted by Gasteiger charge is -1.99. The van der Waals surface area contributed by atoms with Crippen molar-refractivity contribution in [1.82, 2.24) is 10.1 Å². The van der Waals surface area contributed by atoms with Crippen molar-refractivity contribution in [3.63, 3.8) is 0 Å². The summed E-state index contributed by atoms with van der Waals surface area (Å²) in [4.78, 5) is 34.8. The third-order valence-electron chi connectivity index (χ3n) is 4.85. The average Bonchev–Trinajstić information content (AvgIpc) is 3.57. The van der Waals surface area contributed by atoms with E-state index in [-0.39, 0.29) is 59.9 Å². The molecule has 0 aliphatic heterocycles. The van der Waals surface area contributed by atoms with Crippen molar-refractivity contribution < 1.29 is 65.1 Å². The lowest BCUT2D eigenvalue weighted by Crippen LogP contribution is -2.15. The van der Waals surface area contributed by atoms with E-state index in [0.29, 0.717) is 18.2 Å². The van der Waals surface area contributed by atoms with Crippen LogP contribution in [-0.2, 0) is 19.1 Å². The Morgan fingerprint density at radius 1 is 0.882 bits per heavy atom. The number of amidine groups is 1. The number of nitrogens with zero attached hydrogens (tertiary/aromatic N) is 4. The fourth-order valence-electron chi connectivity index (χ4n) is 2.80. The molecule has 0 saturated carbocycles. The number of carbonyl (C=O) groups excluding carboxylic acids is 3. The van der Waals surface area contributed by atoms with Crippen LogP contribution in [0.2, 0.25) is 0 Å². The lowest BCUT2D eigenvalue weighted by molar-refractivity contribution is -0.149. The van der Waals surface area contributed by atoms with Gasteiger partial charge >= 0.3 is 23.1 Å². The summed E-state index contributed by atoms with van der Waals surface area (Å²) in [6, 6.07) is 10.1. The number of benzene rings is 3. The molecule has 0 atom stereocenters. The maximum absolute atomic E-state index is 13.4. The number of rotatable bonds is 6. The smallest absolute Gasteiger partial charge is 0.397 e. The number of halogens is 8. The Bertz CT molecular complexity index is 1810. The van der Waals surface area contributed by atoms with Gasteiger partial charge in [-0.15, -0.1) is 12.4 Å². The van der Waals surface area contributed by atoms with E-state index in [0.717, 1.165) is 36.4 Å². The van der Waals surface area contributed by atoms with Gasteiger partial charge < -0.3 is 30.1 Å². The molecule has 0 radical (unpaired) electrons. The van der Waals surface area contributed by atoms with E-state index in [1.165, 1.54) is 0 Å². The average molecular weight is 771 g/mol. The van der Waals surface area contributed by atoms with E-state index < -0.39 is 52.1 Å². The van der Waals surface area contributed by atoms with Crippen molar-refractivity contribution in [3.05, 3.63) is 107 Å². The van der Waals surface area contributed by atoms with Gasteiger partial charge in [-0.05, 0) is 61.8 Å². The molecule has 0 aliphatic carbocycles. The Labute approximate surface area is 295 Å². The minimum atomic E-state index is -1.08. The molecule has 1 aromatic heterocycles. The number of hydrogen-bond acceptors (Lipinski definition) is 13. The van der Waals surface area contributed by atoms with Gasteiger partial charge in [0.25, 0.3) is 0 Å². The molecule has 0 bridgehead atoms. The van der Waals surface area contributed by atoms with E-state index in [1.807, 2.05) is 0 Å². The van der Waals surface area contributed by atoms with Crippen LogP contribution in [0.4, 0.5) is 26.3 Å². The van der Waals surface area contributed by atoms with Crippen LogP contribution in [0.3, 0.4) is 0 Å². The molecule has 276 valence electrons. The highest BCUT2D eigenvalue weighted by Crippen LogP contribution is 2.20. The zero-order valence-electron chi connectivity index (χ0n) is 26.0. The van der Waals surface area contributed by atoms with Crippen molar-refractivity contribution in [2.45, 2.75) is 13.8 Å². The first-order valence-electron chi connectivity index (χ1n) is 13.1. The number of esters is 2. The van der Waals surface area contributed by atoms with Crippen LogP contribution in [0.1, 0.15) is 35.7 Å². The summed E-state index contributed by atoms with van der Waals surface area (Å²) in [5.74, 6) is -3.80. The minimum absolute atomic E-state index is 0. The predicted octanol–water partition coefficient (Wildman–Crippen LogP) is 5.16. The topological polar surface area (TPSA) is 237 Å². The Kier molecular flexibility index (Phi) is 23.5. The van der Waals surface area contributed by atoms with Gasteiger partial charge in [-0.1, -0.05) is 10.3 Å². The lowest BCUT2D eigenvalue weighted by atomic mass is 10.2. The minimum Gasteiger partial charge on any atom is -0.459 e. The number of carbonyl (C=O) groups is 3. The monoisotopic (exact) mass is 770 g/mol. The Hall–Kier alpha value is -5.75. The third-order valence-corrected chi connectivity index (χ3v) is 5.00. The normalized spacial score (nSPS) is 9.57. The summed E-state index contributed by atoms with van der Waals surface area (Å²) in [6.07, 6.45) is 0. The Balaban J connectivity index is 0. The largest absolute Gasteiger partial charge is 0.459 e. The number of oxime groups is 1. The summed E-state index contributed by atoms with van der Waals surface area (Å²) in [6.45, 7) is 3.55. The zero-order valence-corrected chi connectivity index (χ0v) is 27.5. The molecule has 0 fully saturated rings. The third kappa shape index (κ3) is 17.0. The van der Waals surface area contributed by atoms with Gasteiger partial charge in [0, 0.05) is 18.2 Å². The highest BCUT2D eigenvalue weighted by molar-refractivity contribution is 6.80. The molecule has 3 aromatic carbocycles. The maximum atomic E-state index is 13.4. The van der Waals surface area contributed by atoms with Gasteiger partial charge in [0.15, 0.2) is 5.84 Å². The summed E-state index contributed by atoms with van der Waals surface area (Å²) in [5, 5.41) is 27.8. The van der Waals surface area contributed by atoms with Crippen molar-refractivity contribution in [2.75, 3.05) is 13.2 Å². The molecule has 14 nitrogen and oxygen atoms in total. The molecule has 0 amide bonds. The summed E-state index contributed by atoms with van der Waals surface area (Å²) >= 11 is 4.69. The first-order chi connectivity index (χ1) is 23.7. The van der Waals surface area contributed by atoms with Gasteiger partial charge in [-0.3, -0.25) is 4.79 Å². The number of hydrogen-bond donors (Lipinski definition) is 4. The van der Waals surface area contributed by atoms with Crippen molar-refractivity contribution >= 4 is 47.0 Å². The molecule has 0 saturated heterocycles. The van der Waals surface area contributed by atoms with E-state index in [4.69, 9.17) is 33.0 Å². The maximum Gasteiger partial charge on any atom is 0.397 e.